The van der Waals surface area contributed by atoms with E-state index in [1.54, 1.807) is 0 Å². The molecule has 16 nitrogen and oxygen atoms in total. The Kier molecular flexibility index (Phi) is 74.9. The molecule has 0 aromatic heterocycles. The van der Waals surface area contributed by atoms with Crippen molar-refractivity contribution in [3.63, 3.8) is 0 Å². The predicted molar refractivity (Wildman–Crippen MR) is 427 cm³/mol. The third-order valence-corrected chi connectivity index (χ3v) is 19.4. The van der Waals surface area contributed by atoms with Crippen LogP contribution >= 0.6 is 15.6 Å². The van der Waals surface area contributed by atoms with Gasteiger partial charge in [0.05, 0.1) is 26.4 Å². The van der Waals surface area contributed by atoms with Gasteiger partial charge in [-0.3, -0.25) is 32.5 Å². The van der Waals surface area contributed by atoms with Gasteiger partial charge < -0.3 is 34.2 Å². The second-order valence-electron chi connectivity index (χ2n) is 27.6. The molecule has 0 aliphatic carbocycles. The Morgan fingerprint density at radius 2 is 0.515 bits per heavy atom. The Labute approximate surface area is 628 Å². The second-order valence-corrected chi connectivity index (χ2v) is 30.5. The smallest absolute Gasteiger partial charge is 0.463 e. The van der Waals surface area contributed by atoms with Gasteiger partial charge >= 0.3 is 33.6 Å². The van der Waals surface area contributed by atoms with Crippen molar-refractivity contribution in [3.8, 4) is 0 Å². The fourth-order valence-corrected chi connectivity index (χ4v) is 12.8. The largest absolute Gasteiger partial charge is 0.472 e. The lowest BCUT2D eigenvalue weighted by Crippen LogP contribution is -2.30. The summed E-state index contributed by atoms with van der Waals surface area (Å²) >= 11 is 0. The number of phosphoric acid groups is 2. The molecule has 0 aromatic carbocycles. The minimum absolute atomic E-state index is 0.106. The van der Waals surface area contributed by atoms with Crippen LogP contribution in [-0.2, 0) is 55.8 Å². The van der Waals surface area contributed by atoms with Gasteiger partial charge in [0.1, 0.15) is 25.4 Å². The molecule has 0 bridgehead atoms. The van der Waals surface area contributed by atoms with Crippen molar-refractivity contribution < 1.29 is 75.8 Å². The molecule has 18 heteroatoms. The molecule has 103 heavy (non-hydrogen) atoms. The number of phosphoric ester groups is 2. The molecular weight excluding hydrogens is 1340 g/mol. The first kappa shape index (κ1) is 99.2. The maximum atomic E-state index is 12.9. The number of unbranched alkanes of at least 4 members (excludes halogenated alkanes) is 37. The monoisotopic (exact) mass is 1490 g/mol. The van der Waals surface area contributed by atoms with E-state index in [0.717, 1.165) is 128 Å². The zero-order chi connectivity index (χ0) is 75.2. The maximum absolute atomic E-state index is 12.9. The van der Waals surface area contributed by atoms with Crippen molar-refractivity contribution in [3.05, 3.63) is 109 Å². The average Bonchev–Trinajstić information content (AvgIpc) is 0.912. The number of aliphatic hydroxyl groups excluding tert-OH is 2. The SMILES string of the molecule is CC/C=C\C/C=C\C/C=C\C/C=C\C/C=C\CCCCCCCCCCCC(=O)OCC(COP(=O)(O)OCC(O)COP(=O)(O)OCC(O)COC(=O)CCCCCCCCCCCCCCCCC/C=C\C/C=C\C/C=C\C/C=C\CCCCC)OC(=O)CCCCCCCCCCCCC. The standard InChI is InChI=1S/C85H150O16P2/c1-4-7-10-13-16-19-22-24-26-28-30-32-34-36-37-38-39-40-41-43-45-46-48-50-52-54-57-59-62-65-68-71-83(88)95-74-80(86)75-97-102(91,92)98-76-81(87)77-99-103(93,94)100-79-82(101-85(90)73-70-67-64-61-56-21-18-15-12-9-6-3)78-96-84(89)72-69-66-63-60-58-55-53-51-49-47-44-42-35-33-31-29-27-25-23-20-17-14-11-8-5-2/h8,11,16-17,19-20,24-27,30-33,36-37,42,44,80-82,86-87H,4-7,9-10,12-15,18,21-23,28-29,34-35,38-41,43,45-79H2,1-3H3,(H,91,92)(H,93,94)/b11-8-,19-16-,20-17-,26-24-,27-25-,32-30-,33-31-,37-36-,44-42-. The van der Waals surface area contributed by atoms with E-state index in [1.807, 2.05) is 0 Å². The zero-order valence-corrected chi connectivity index (χ0v) is 67.0. The van der Waals surface area contributed by atoms with Crippen molar-refractivity contribution in [1.29, 1.82) is 0 Å². The first-order valence-corrected chi connectivity index (χ1v) is 44.2. The summed E-state index contributed by atoms with van der Waals surface area (Å²) in [6.07, 6.45) is 91.5. The Morgan fingerprint density at radius 1 is 0.282 bits per heavy atom. The maximum Gasteiger partial charge on any atom is 0.472 e. The van der Waals surface area contributed by atoms with Gasteiger partial charge in [0.15, 0.2) is 6.10 Å². The van der Waals surface area contributed by atoms with Crippen LogP contribution in [0.4, 0.5) is 0 Å². The Hall–Kier alpha value is -3.79. The van der Waals surface area contributed by atoms with Crippen LogP contribution in [-0.4, -0.2) is 95.9 Å². The second kappa shape index (κ2) is 77.8. The van der Waals surface area contributed by atoms with E-state index in [-0.39, 0.29) is 19.3 Å². The fraction of sp³-hybridized carbons (Fsp3) is 0.753. The minimum atomic E-state index is -4.93. The van der Waals surface area contributed by atoms with Gasteiger partial charge in [-0.1, -0.05) is 336 Å². The van der Waals surface area contributed by atoms with E-state index in [4.69, 9.17) is 32.3 Å². The number of allylic oxidation sites excluding steroid dienone is 18. The highest BCUT2D eigenvalue weighted by Gasteiger charge is 2.29. The molecule has 0 fully saturated rings. The molecule has 5 unspecified atom stereocenters. The summed E-state index contributed by atoms with van der Waals surface area (Å²) in [5, 5.41) is 20.6. The summed E-state index contributed by atoms with van der Waals surface area (Å²) in [5.41, 5.74) is 0. The Balaban J connectivity index is 4.40. The van der Waals surface area contributed by atoms with Crippen LogP contribution in [0.2, 0.25) is 0 Å². The molecule has 0 aliphatic rings. The van der Waals surface area contributed by atoms with Crippen LogP contribution in [0.5, 0.6) is 0 Å². The highest BCUT2D eigenvalue weighted by Crippen LogP contribution is 2.45. The summed E-state index contributed by atoms with van der Waals surface area (Å²) in [6, 6.07) is 0. The van der Waals surface area contributed by atoms with Gasteiger partial charge in [-0.15, -0.1) is 0 Å². The zero-order valence-electron chi connectivity index (χ0n) is 65.2. The van der Waals surface area contributed by atoms with Gasteiger partial charge in [-0.25, -0.2) is 9.13 Å². The van der Waals surface area contributed by atoms with Crippen LogP contribution in [0, 0.1) is 0 Å². The van der Waals surface area contributed by atoms with Crippen LogP contribution in [0.15, 0.2) is 109 Å². The van der Waals surface area contributed by atoms with Gasteiger partial charge in [0.2, 0.25) is 0 Å². The van der Waals surface area contributed by atoms with Gasteiger partial charge in [-0.05, 0) is 109 Å². The molecule has 0 saturated carbocycles. The lowest BCUT2D eigenvalue weighted by Gasteiger charge is -2.21. The van der Waals surface area contributed by atoms with E-state index in [9.17, 15) is 43.5 Å². The molecule has 0 aromatic rings. The number of carbonyl (C=O) groups is 3. The Morgan fingerprint density at radius 3 is 0.835 bits per heavy atom. The fourth-order valence-electron chi connectivity index (χ4n) is 11.2. The number of carbonyl (C=O) groups excluding carboxylic acids is 3. The minimum Gasteiger partial charge on any atom is -0.463 e. The number of rotatable bonds is 78. The average molecular weight is 1490 g/mol. The normalized spacial score (nSPS) is 14.5. The molecule has 0 heterocycles. The molecule has 0 spiro atoms. The van der Waals surface area contributed by atoms with Crippen molar-refractivity contribution in [2.75, 3.05) is 39.6 Å². The number of ether oxygens (including phenoxy) is 3. The summed E-state index contributed by atoms with van der Waals surface area (Å²) in [6.45, 7) is 2.56. The number of esters is 3. The van der Waals surface area contributed by atoms with Crippen molar-refractivity contribution in [1.82, 2.24) is 0 Å². The van der Waals surface area contributed by atoms with Crippen molar-refractivity contribution in [2.45, 2.75) is 373 Å². The summed E-state index contributed by atoms with van der Waals surface area (Å²) in [7, 11) is -9.78. The van der Waals surface area contributed by atoms with Crippen LogP contribution in [0.25, 0.3) is 0 Å². The van der Waals surface area contributed by atoms with E-state index in [1.165, 1.54) is 167 Å². The molecule has 0 aliphatic heterocycles. The molecule has 5 atom stereocenters. The highest BCUT2D eigenvalue weighted by molar-refractivity contribution is 7.47. The van der Waals surface area contributed by atoms with Gasteiger partial charge in [0, 0.05) is 19.3 Å². The summed E-state index contributed by atoms with van der Waals surface area (Å²) in [5.74, 6) is -1.57. The van der Waals surface area contributed by atoms with Crippen LogP contribution in [0.3, 0.4) is 0 Å². The van der Waals surface area contributed by atoms with Gasteiger partial charge in [0.25, 0.3) is 0 Å². The lowest BCUT2D eigenvalue weighted by molar-refractivity contribution is -0.161. The molecule has 0 amide bonds. The molecule has 596 valence electrons. The molecule has 4 N–H and O–H groups in total. The highest BCUT2D eigenvalue weighted by atomic mass is 31.2. The molecule has 0 rings (SSSR count). The molecular formula is C85H150O16P2. The van der Waals surface area contributed by atoms with E-state index in [2.05, 4.69) is 130 Å². The third-order valence-electron chi connectivity index (χ3n) is 17.5. The number of hydrogen-bond acceptors (Lipinski definition) is 14. The topological polar surface area (TPSA) is 231 Å². The summed E-state index contributed by atoms with van der Waals surface area (Å²) in [4.78, 5) is 58.6. The predicted octanol–water partition coefficient (Wildman–Crippen LogP) is 24.3. The number of aliphatic hydroxyl groups is 2. The first-order chi connectivity index (χ1) is 50.2. The van der Waals surface area contributed by atoms with Gasteiger partial charge in [-0.2, -0.15) is 0 Å². The number of hydrogen-bond donors (Lipinski definition) is 4. The Bertz CT molecular complexity index is 2310. The van der Waals surface area contributed by atoms with E-state index in [0.29, 0.717) is 19.3 Å². The van der Waals surface area contributed by atoms with Crippen molar-refractivity contribution in [2.24, 2.45) is 0 Å². The van der Waals surface area contributed by atoms with E-state index >= 15 is 0 Å². The van der Waals surface area contributed by atoms with Crippen molar-refractivity contribution >= 4 is 33.6 Å². The molecule has 0 saturated heterocycles. The lowest BCUT2D eigenvalue weighted by atomic mass is 10.0. The first-order valence-electron chi connectivity index (χ1n) is 41.2. The van der Waals surface area contributed by atoms with Crippen LogP contribution in [0.1, 0.15) is 355 Å². The quantitative estimate of drug-likeness (QED) is 0.0146. The van der Waals surface area contributed by atoms with E-state index < -0.39 is 91.5 Å². The molecule has 0 radical (unpaired) electrons. The summed E-state index contributed by atoms with van der Waals surface area (Å²) < 4.78 is 61.1. The van der Waals surface area contributed by atoms with Crippen LogP contribution < -0.4 is 0 Å². The third kappa shape index (κ3) is 79.1.